The van der Waals surface area contributed by atoms with Crippen molar-refractivity contribution in [2.75, 3.05) is 12.3 Å². The number of rotatable bonds is 2. The second-order valence-electron chi connectivity index (χ2n) is 2.47. The lowest BCUT2D eigenvalue weighted by Gasteiger charge is -1.96. The summed E-state index contributed by atoms with van der Waals surface area (Å²) in [4.78, 5) is 7.73. The summed E-state index contributed by atoms with van der Waals surface area (Å²) in [6.07, 6.45) is 1.34. The number of nitrogen functional groups attached to an aromatic ring is 1. The predicted octanol–water partition coefficient (Wildman–Crippen LogP) is -1.20. The first-order chi connectivity index (χ1) is 6.33. The van der Waals surface area contributed by atoms with Crippen LogP contribution in [0.15, 0.2) is 6.33 Å². The van der Waals surface area contributed by atoms with E-state index in [1.165, 1.54) is 11.0 Å². The molecule has 0 aliphatic rings. The first-order valence-corrected chi connectivity index (χ1v) is 3.73. The molecule has 68 valence electrons. The highest BCUT2D eigenvalue weighted by Gasteiger charge is 2.07. The minimum Gasteiger partial charge on any atom is -0.394 e. The standard InChI is InChI=1S/C6H8N6O/c7-5-4-6(9-3-8-5)12(1-2-13)11-10-4/h3,13H,1-2H2,(H2,7,8,9). The molecule has 13 heavy (non-hydrogen) atoms. The summed E-state index contributed by atoms with van der Waals surface area (Å²) in [5.41, 5.74) is 6.55. The van der Waals surface area contributed by atoms with Gasteiger partial charge in [-0.2, -0.15) is 0 Å². The van der Waals surface area contributed by atoms with Crippen molar-refractivity contribution in [2.45, 2.75) is 6.54 Å². The Morgan fingerprint density at radius 2 is 2.31 bits per heavy atom. The smallest absolute Gasteiger partial charge is 0.183 e. The zero-order valence-corrected chi connectivity index (χ0v) is 6.75. The lowest BCUT2D eigenvalue weighted by Crippen LogP contribution is -2.05. The van der Waals surface area contributed by atoms with Crippen LogP contribution in [0.25, 0.3) is 11.2 Å². The Hall–Kier alpha value is -1.76. The highest BCUT2D eigenvalue weighted by Crippen LogP contribution is 2.11. The van der Waals surface area contributed by atoms with Crippen LogP contribution in [-0.4, -0.2) is 36.7 Å². The Labute approximate surface area is 73.2 Å². The fourth-order valence-electron chi connectivity index (χ4n) is 1.05. The number of anilines is 1. The van der Waals surface area contributed by atoms with E-state index in [0.29, 0.717) is 23.5 Å². The van der Waals surface area contributed by atoms with E-state index in [4.69, 9.17) is 10.8 Å². The summed E-state index contributed by atoms with van der Waals surface area (Å²) in [7, 11) is 0. The fraction of sp³-hybridized carbons (Fsp3) is 0.333. The molecule has 0 fully saturated rings. The van der Waals surface area contributed by atoms with Crippen LogP contribution in [0.1, 0.15) is 0 Å². The molecule has 2 aromatic rings. The van der Waals surface area contributed by atoms with Crippen LogP contribution >= 0.6 is 0 Å². The second kappa shape index (κ2) is 2.94. The molecular weight excluding hydrogens is 172 g/mol. The van der Waals surface area contributed by atoms with E-state index in [0.717, 1.165) is 0 Å². The molecule has 0 aliphatic heterocycles. The molecule has 0 aliphatic carbocycles. The van der Waals surface area contributed by atoms with Crippen LogP contribution < -0.4 is 5.73 Å². The predicted molar refractivity (Wildman–Crippen MR) is 44.6 cm³/mol. The minimum atomic E-state index is -0.0115. The van der Waals surface area contributed by atoms with Crippen LogP contribution in [0, 0.1) is 0 Å². The van der Waals surface area contributed by atoms with Gasteiger partial charge in [0.2, 0.25) is 0 Å². The third-order valence-corrected chi connectivity index (χ3v) is 1.64. The quantitative estimate of drug-likeness (QED) is 0.601. The van der Waals surface area contributed by atoms with Crippen molar-refractivity contribution in [3.63, 3.8) is 0 Å². The number of fused-ring (bicyclic) bond motifs is 1. The van der Waals surface area contributed by atoms with Crippen molar-refractivity contribution in [2.24, 2.45) is 0 Å². The van der Waals surface area contributed by atoms with Gasteiger partial charge in [-0.1, -0.05) is 5.21 Å². The summed E-state index contributed by atoms with van der Waals surface area (Å²) in [6, 6.07) is 0. The third kappa shape index (κ3) is 1.18. The van der Waals surface area contributed by atoms with Crippen LogP contribution in [0.2, 0.25) is 0 Å². The Balaban J connectivity index is 2.61. The zero-order valence-electron chi connectivity index (χ0n) is 6.75. The first kappa shape index (κ1) is 7.87. The number of hydrogen-bond donors (Lipinski definition) is 2. The molecule has 0 amide bonds. The average molecular weight is 180 g/mol. The summed E-state index contributed by atoms with van der Waals surface area (Å²) in [6.45, 7) is 0.343. The van der Waals surface area contributed by atoms with E-state index in [9.17, 15) is 0 Å². The van der Waals surface area contributed by atoms with E-state index in [2.05, 4.69) is 20.3 Å². The molecule has 0 saturated carbocycles. The third-order valence-electron chi connectivity index (χ3n) is 1.64. The van der Waals surface area contributed by atoms with Gasteiger partial charge in [0.15, 0.2) is 17.0 Å². The highest BCUT2D eigenvalue weighted by molar-refractivity contribution is 5.80. The first-order valence-electron chi connectivity index (χ1n) is 3.73. The van der Waals surface area contributed by atoms with Crippen molar-refractivity contribution < 1.29 is 5.11 Å². The van der Waals surface area contributed by atoms with Crippen LogP contribution in [0.3, 0.4) is 0 Å². The molecule has 0 saturated heterocycles. The molecule has 7 nitrogen and oxygen atoms in total. The number of aromatic nitrogens is 5. The van der Waals surface area contributed by atoms with Crippen molar-refractivity contribution in [1.82, 2.24) is 25.0 Å². The van der Waals surface area contributed by atoms with Gasteiger partial charge in [0, 0.05) is 0 Å². The number of nitrogens with zero attached hydrogens (tertiary/aromatic N) is 5. The molecule has 0 aromatic carbocycles. The molecule has 0 unspecified atom stereocenters. The van der Waals surface area contributed by atoms with Crippen LogP contribution in [-0.2, 0) is 6.54 Å². The monoisotopic (exact) mass is 180 g/mol. The van der Waals surface area contributed by atoms with E-state index in [1.54, 1.807) is 0 Å². The molecule has 0 spiro atoms. The van der Waals surface area contributed by atoms with Gasteiger partial charge in [-0.05, 0) is 0 Å². The van der Waals surface area contributed by atoms with Gasteiger partial charge in [-0.15, -0.1) is 5.10 Å². The lowest BCUT2D eigenvalue weighted by molar-refractivity contribution is 0.270. The van der Waals surface area contributed by atoms with Gasteiger partial charge in [0.05, 0.1) is 13.2 Å². The van der Waals surface area contributed by atoms with Gasteiger partial charge in [-0.3, -0.25) is 0 Å². The molecule has 2 aromatic heterocycles. The fourth-order valence-corrected chi connectivity index (χ4v) is 1.05. The number of aliphatic hydroxyl groups is 1. The summed E-state index contributed by atoms with van der Waals surface area (Å²) in [5, 5.41) is 16.3. The molecule has 0 radical (unpaired) electrons. The SMILES string of the molecule is Nc1ncnc2c1nnn2CCO. The van der Waals surface area contributed by atoms with Gasteiger partial charge < -0.3 is 10.8 Å². The molecule has 0 atom stereocenters. The van der Waals surface area contributed by atoms with Crippen molar-refractivity contribution in [1.29, 1.82) is 0 Å². The Bertz CT molecular complexity index is 424. The number of hydrogen-bond acceptors (Lipinski definition) is 6. The molecule has 0 bridgehead atoms. The summed E-state index contributed by atoms with van der Waals surface area (Å²) < 4.78 is 1.48. The largest absolute Gasteiger partial charge is 0.394 e. The van der Waals surface area contributed by atoms with Crippen molar-refractivity contribution in [3.8, 4) is 0 Å². The number of nitrogens with two attached hydrogens (primary N) is 1. The Morgan fingerprint density at radius 3 is 3.08 bits per heavy atom. The second-order valence-corrected chi connectivity index (χ2v) is 2.47. The summed E-state index contributed by atoms with van der Waals surface area (Å²) >= 11 is 0. The lowest BCUT2D eigenvalue weighted by atomic mass is 10.5. The van der Waals surface area contributed by atoms with E-state index < -0.39 is 0 Å². The van der Waals surface area contributed by atoms with Crippen molar-refractivity contribution in [3.05, 3.63) is 6.33 Å². The number of aliphatic hydroxyl groups excluding tert-OH is 1. The van der Waals surface area contributed by atoms with Gasteiger partial charge in [0.25, 0.3) is 0 Å². The van der Waals surface area contributed by atoms with Crippen LogP contribution in [0.5, 0.6) is 0 Å². The summed E-state index contributed by atoms with van der Waals surface area (Å²) in [5.74, 6) is 0.300. The molecule has 7 heteroatoms. The molecular formula is C6H8N6O. The zero-order chi connectivity index (χ0) is 9.26. The average Bonchev–Trinajstić information content (AvgIpc) is 2.51. The maximum Gasteiger partial charge on any atom is 0.183 e. The van der Waals surface area contributed by atoms with Crippen molar-refractivity contribution >= 4 is 17.0 Å². The highest BCUT2D eigenvalue weighted by atomic mass is 16.3. The van der Waals surface area contributed by atoms with Gasteiger partial charge >= 0.3 is 0 Å². The minimum absolute atomic E-state index is 0.0115. The Morgan fingerprint density at radius 1 is 1.46 bits per heavy atom. The Kier molecular flexibility index (Phi) is 1.78. The van der Waals surface area contributed by atoms with E-state index in [-0.39, 0.29) is 6.61 Å². The normalized spacial score (nSPS) is 10.8. The maximum atomic E-state index is 8.70. The van der Waals surface area contributed by atoms with Crippen LogP contribution in [0.4, 0.5) is 5.82 Å². The molecule has 2 heterocycles. The van der Waals surface area contributed by atoms with Gasteiger partial charge in [0.1, 0.15) is 6.33 Å². The maximum absolute atomic E-state index is 8.70. The van der Waals surface area contributed by atoms with E-state index >= 15 is 0 Å². The van der Waals surface area contributed by atoms with E-state index in [1.807, 2.05) is 0 Å². The van der Waals surface area contributed by atoms with Gasteiger partial charge in [-0.25, -0.2) is 14.6 Å². The topological polar surface area (TPSA) is 103 Å². The molecule has 3 N–H and O–H groups in total. The molecule has 2 rings (SSSR count).